The van der Waals surface area contributed by atoms with Crippen LogP contribution in [-0.4, -0.2) is 18.8 Å². The lowest BCUT2D eigenvalue weighted by Crippen LogP contribution is -2.30. The number of carbonyl (C=O) groups is 1. The van der Waals surface area contributed by atoms with Gasteiger partial charge in [-0.25, -0.2) is 4.39 Å². The SMILES string of the molecule is COc1ccc([C@H](CC(C)C)NC(=O)CSCc2ccc(F)cc2)cc1. The third kappa shape index (κ3) is 6.71. The smallest absolute Gasteiger partial charge is 0.230 e. The second-order valence-corrected chi connectivity index (χ2v) is 7.63. The highest BCUT2D eigenvalue weighted by molar-refractivity contribution is 7.99. The lowest BCUT2D eigenvalue weighted by atomic mass is 9.97. The van der Waals surface area contributed by atoms with Crippen LogP contribution in [-0.2, 0) is 10.5 Å². The second kappa shape index (κ2) is 10.2. The van der Waals surface area contributed by atoms with E-state index in [4.69, 9.17) is 4.74 Å². The summed E-state index contributed by atoms with van der Waals surface area (Å²) in [5.74, 6) is 2.10. The van der Waals surface area contributed by atoms with E-state index in [9.17, 15) is 9.18 Å². The summed E-state index contributed by atoms with van der Waals surface area (Å²) >= 11 is 1.53. The van der Waals surface area contributed by atoms with Crippen molar-refractivity contribution in [3.05, 3.63) is 65.5 Å². The molecule has 0 unspecified atom stereocenters. The number of hydrogen-bond donors (Lipinski definition) is 1. The maximum absolute atomic E-state index is 12.9. The summed E-state index contributed by atoms with van der Waals surface area (Å²) in [7, 11) is 1.64. The van der Waals surface area contributed by atoms with Gasteiger partial charge in [0.1, 0.15) is 11.6 Å². The predicted molar refractivity (Wildman–Crippen MR) is 106 cm³/mol. The van der Waals surface area contributed by atoms with Crippen molar-refractivity contribution < 1.29 is 13.9 Å². The predicted octanol–water partition coefficient (Wildman–Crippen LogP) is 4.97. The molecule has 0 aliphatic carbocycles. The number of benzene rings is 2. The van der Waals surface area contributed by atoms with Crippen LogP contribution in [0.1, 0.15) is 37.4 Å². The summed E-state index contributed by atoms with van der Waals surface area (Å²) in [6.07, 6.45) is 0.876. The molecule has 0 fully saturated rings. The topological polar surface area (TPSA) is 38.3 Å². The summed E-state index contributed by atoms with van der Waals surface area (Å²) in [5.41, 5.74) is 2.09. The quantitative estimate of drug-likeness (QED) is 0.672. The summed E-state index contributed by atoms with van der Waals surface area (Å²) in [4.78, 5) is 12.4. The molecule has 2 rings (SSSR count). The van der Waals surface area contributed by atoms with Gasteiger partial charge in [-0.3, -0.25) is 4.79 Å². The molecule has 26 heavy (non-hydrogen) atoms. The fourth-order valence-electron chi connectivity index (χ4n) is 2.66. The van der Waals surface area contributed by atoms with Crippen LogP contribution in [0.4, 0.5) is 4.39 Å². The second-order valence-electron chi connectivity index (χ2n) is 6.64. The minimum Gasteiger partial charge on any atom is -0.497 e. The van der Waals surface area contributed by atoms with E-state index in [0.29, 0.717) is 17.4 Å². The van der Waals surface area contributed by atoms with Crippen molar-refractivity contribution in [2.45, 2.75) is 32.1 Å². The van der Waals surface area contributed by atoms with Crippen molar-refractivity contribution in [1.82, 2.24) is 5.32 Å². The number of methoxy groups -OCH3 is 1. The van der Waals surface area contributed by atoms with Gasteiger partial charge in [0.2, 0.25) is 5.91 Å². The Labute approximate surface area is 159 Å². The molecular weight excluding hydrogens is 349 g/mol. The Kier molecular flexibility index (Phi) is 7.98. The first-order valence-electron chi connectivity index (χ1n) is 8.73. The van der Waals surface area contributed by atoms with Crippen LogP contribution >= 0.6 is 11.8 Å². The van der Waals surface area contributed by atoms with E-state index in [1.807, 2.05) is 24.3 Å². The van der Waals surface area contributed by atoms with E-state index in [1.165, 1.54) is 23.9 Å². The van der Waals surface area contributed by atoms with Crippen LogP contribution in [0.3, 0.4) is 0 Å². The zero-order valence-corrected chi connectivity index (χ0v) is 16.3. The van der Waals surface area contributed by atoms with Gasteiger partial charge in [0.25, 0.3) is 0 Å². The van der Waals surface area contributed by atoms with Gasteiger partial charge >= 0.3 is 0 Å². The molecule has 0 aliphatic heterocycles. The first-order valence-corrected chi connectivity index (χ1v) is 9.89. The van der Waals surface area contributed by atoms with Crippen molar-refractivity contribution >= 4 is 17.7 Å². The summed E-state index contributed by atoms with van der Waals surface area (Å²) < 4.78 is 18.1. The number of halogens is 1. The zero-order chi connectivity index (χ0) is 18.9. The molecular formula is C21H26FNO2S. The van der Waals surface area contributed by atoms with Crippen molar-refractivity contribution in [3.8, 4) is 5.75 Å². The molecule has 2 aromatic carbocycles. The number of rotatable bonds is 9. The molecule has 2 aromatic rings. The molecule has 0 heterocycles. The molecule has 0 bridgehead atoms. The maximum Gasteiger partial charge on any atom is 0.230 e. The Morgan fingerprint density at radius 3 is 2.35 bits per heavy atom. The highest BCUT2D eigenvalue weighted by Gasteiger charge is 2.16. The lowest BCUT2D eigenvalue weighted by Gasteiger charge is -2.21. The van der Waals surface area contributed by atoms with Gasteiger partial charge in [0.15, 0.2) is 0 Å². The minimum absolute atomic E-state index is 0.0126. The molecule has 0 radical (unpaired) electrons. The van der Waals surface area contributed by atoms with E-state index in [0.717, 1.165) is 23.3 Å². The summed E-state index contributed by atoms with van der Waals surface area (Å²) in [6.45, 7) is 4.29. The Balaban J connectivity index is 1.89. The van der Waals surface area contributed by atoms with Crippen LogP contribution in [0.2, 0.25) is 0 Å². The van der Waals surface area contributed by atoms with E-state index in [2.05, 4.69) is 19.2 Å². The largest absolute Gasteiger partial charge is 0.497 e. The number of carbonyl (C=O) groups excluding carboxylic acids is 1. The summed E-state index contributed by atoms with van der Waals surface area (Å²) in [6, 6.07) is 14.2. The molecule has 1 N–H and O–H groups in total. The Bertz CT molecular complexity index is 686. The molecule has 0 saturated heterocycles. The average molecular weight is 376 g/mol. The third-order valence-corrected chi connectivity index (χ3v) is 4.98. The summed E-state index contributed by atoms with van der Waals surface area (Å²) in [5, 5.41) is 3.14. The van der Waals surface area contributed by atoms with Crippen molar-refractivity contribution in [3.63, 3.8) is 0 Å². The van der Waals surface area contributed by atoms with Crippen molar-refractivity contribution in [2.75, 3.05) is 12.9 Å². The van der Waals surface area contributed by atoms with E-state index >= 15 is 0 Å². The lowest BCUT2D eigenvalue weighted by molar-refractivity contribution is -0.119. The van der Waals surface area contributed by atoms with Gasteiger partial charge in [0.05, 0.1) is 18.9 Å². The van der Waals surface area contributed by atoms with Crippen LogP contribution in [0.5, 0.6) is 5.75 Å². The monoisotopic (exact) mass is 375 g/mol. The molecule has 0 aliphatic rings. The van der Waals surface area contributed by atoms with Gasteiger partial charge in [-0.2, -0.15) is 0 Å². The van der Waals surface area contributed by atoms with Gasteiger partial charge in [-0.1, -0.05) is 38.1 Å². The molecule has 0 spiro atoms. The molecule has 0 aromatic heterocycles. The molecule has 140 valence electrons. The number of ether oxygens (including phenoxy) is 1. The number of amides is 1. The first-order chi connectivity index (χ1) is 12.5. The fraction of sp³-hybridized carbons (Fsp3) is 0.381. The van der Waals surface area contributed by atoms with Crippen LogP contribution < -0.4 is 10.1 Å². The van der Waals surface area contributed by atoms with Crippen LogP contribution in [0, 0.1) is 11.7 Å². The highest BCUT2D eigenvalue weighted by atomic mass is 32.2. The molecule has 3 nitrogen and oxygen atoms in total. The Morgan fingerprint density at radius 2 is 1.77 bits per heavy atom. The average Bonchev–Trinajstić information content (AvgIpc) is 2.62. The van der Waals surface area contributed by atoms with Gasteiger partial charge in [-0.15, -0.1) is 11.8 Å². The Hall–Kier alpha value is -2.01. The Morgan fingerprint density at radius 1 is 1.12 bits per heavy atom. The third-order valence-electron chi connectivity index (χ3n) is 3.98. The van der Waals surface area contributed by atoms with E-state index < -0.39 is 0 Å². The van der Waals surface area contributed by atoms with Crippen LogP contribution in [0.25, 0.3) is 0 Å². The maximum atomic E-state index is 12.9. The number of thioether (sulfide) groups is 1. The van der Waals surface area contributed by atoms with Crippen molar-refractivity contribution in [2.24, 2.45) is 5.92 Å². The number of hydrogen-bond acceptors (Lipinski definition) is 3. The van der Waals surface area contributed by atoms with E-state index in [1.54, 1.807) is 19.2 Å². The van der Waals surface area contributed by atoms with E-state index in [-0.39, 0.29) is 17.8 Å². The molecule has 5 heteroatoms. The first kappa shape index (κ1) is 20.3. The molecule has 1 atom stereocenters. The normalized spacial score (nSPS) is 12.0. The van der Waals surface area contributed by atoms with Gasteiger partial charge in [0, 0.05) is 5.75 Å². The fourth-order valence-corrected chi connectivity index (χ4v) is 3.46. The van der Waals surface area contributed by atoms with Crippen molar-refractivity contribution in [1.29, 1.82) is 0 Å². The standard InChI is InChI=1S/C21H26FNO2S/c1-15(2)12-20(17-6-10-19(25-3)11-7-17)23-21(24)14-26-13-16-4-8-18(22)9-5-16/h4-11,15,20H,12-14H2,1-3H3,(H,23,24)/t20-/m0/s1. The van der Waals surface area contributed by atoms with Crippen LogP contribution in [0.15, 0.2) is 48.5 Å². The van der Waals surface area contributed by atoms with Gasteiger partial charge in [-0.05, 0) is 47.7 Å². The number of nitrogens with one attached hydrogen (secondary N) is 1. The highest BCUT2D eigenvalue weighted by Crippen LogP contribution is 2.24. The molecule has 1 amide bonds. The molecule has 0 saturated carbocycles. The van der Waals surface area contributed by atoms with Gasteiger partial charge < -0.3 is 10.1 Å². The zero-order valence-electron chi connectivity index (χ0n) is 15.5. The minimum atomic E-state index is -0.243.